The molecule has 2 rings (SSSR count). The van der Waals surface area contributed by atoms with Gasteiger partial charge in [-0.05, 0) is 26.0 Å². The number of benzene rings is 1. The minimum Gasteiger partial charge on any atom is -0.282 e. The van der Waals surface area contributed by atoms with E-state index in [1.807, 2.05) is 25.1 Å². The lowest BCUT2D eigenvalue weighted by Crippen LogP contribution is -2.30. The molecule has 5 heteroatoms. The van der Waals surface area contributed by atoms with Gasteiger partial charge in [0.25, 0.3) is 10.1 Å². The molecule has 2 aromatic rings. The van der Waals surface area contributed by atoms with Gasteiger partial charge in [0.05, 0.1) is 4.90 Å². The van der Waals surface area contributed by atoms with E-state index in [2.05, 4.69) is 23.9 Å². The van der Waals surface area contributed by atoms with E-state index in [4.69, 9.17) is 4.55 Å². The average Bonchev–Trinajstić information content (AvgIpc) is 2.40. The molecule has 0 spiro atoms. The second-order valence-electron chi connectivity index (χ2n) is 3.99. The van der Waals surface area contributed by atoms with Gasteiger partial charge in [0, 0.05) is 12.1 Å². The molecular formula is C14H18NO3S+. The van der Waals surface area contributed by atoms with Crippen LogP contribution in [0.15, 0.2) is 59.8 Å². The van der Waals surface area contributed by atoms with E-state index in [1.165, 1.54) is 12.1 Å². The van der Waals surface area contributed by atoms with E-state index < -0.39 is 10.1 Å². The molecule has 0 unspecified atom stereocenters. The van der Waals surface area contributed by atoms with Crippen LogP contribution in [0.2, 0.25) is 0 Å². The first kappa shape index (κ1) is 15.3. The molecule has 0 radical (unpaired) electrons. The van der Waals surface area contributed by atoms with Gasteiger partial charge in [0.15, 0.2) is 12.4 Å². The Kier molecular flexibility index (Phi) is 5.66. The first-order chi connectivity index (χ1) is 8.93. The lowest BCUT2D eigenvalue weighted by molar-refractivity contribution is -0.693. The second-order valence-corrected chi connectivity index (χ2v) is 5.42. The SMILES string of the molecule is CC[n+]1ccccc1.Cc1ccc(S(=O)(=O)O)cc1. The molecule has 0 aliphatic heterocycles. The molecule has 4 nitrogen and oxygen atoms in total. The summed E-state index contributed by atoms with van der Waals surface area (Å²) < 4.78 is 31.7. The summed E-state index contributed by atoms with van der Waals surface area (Å²) in [7, 11) is -4.02. The number of aryl methyl sites for hydroxylation is 2. The Balaban J connectivity index is 0.000000200. The van der Waals surface area contributed by atoms with Gasteiger partial charge in [-0.15, -0.1) is 0 Å². The highest BCUT2D eigenvalue weighted by atomic mass is 32.2. The Labute approximate surface area is 114 Å². The molecule has 0 amide bonds. The van der Waals surface area contributed by atoms with Crippen LogP contribution < -0.4 is 4.57 Å². The monoisotopic (exact) mass is 280 g/mol. The molecular weight excluding hydrogens is 262 g/mol. The molecule has 0 aliphatic rings. The number of hydrogen-bond acceptors (Lipinski definition) is 2. The second kappa shape index (κ2) is 7.01. The number of rotatable bonds is 2. The number of nitrogens with zero attached hydrogens (tertiary/aromatic N) is 1. The van der Waals surface area contributed by atoms with Gasteiger partial charge < -0.3 is 0 Å². The molecule has 1 aromatic heterocycles. The molecule has 0 aliphatic carbocycles. The molecule has 0 saturated heterocycles. The highest BCUT2D eigenvalue weighted by molar-refractivity contribution is 7.85. The summed E-state index contributed by atoms with van der Waals surface area (Å²) in [6.45, 7) is 5.02. The van der Waals surface area contributed by atoms with Gasteiger partial charge >= 0.3 is 0 Å². The van der Waals surface area contributed by atoms with Crippen LogP contribution in [0.3, 0.4) is 0 Å². The zero-order valence-corrected chi connectivity index (χ0v) is 11.8. The molecule has 0 atom stereocenters. The molecule has 0 bridgehead atoms. The van der Waals surface area contributed by atoms with Crippen molar-refractivity contribution < 1.29 is 17.5 Å². The van der Waals surface area contributed by atoms with Crippen LogP contribution in [0.4, 0.5) is 0 Å². The molecule has 102 valence electrons. The fraction of sp³-hybridized carbons (Fsp3) is 0.214. The number of hydrogen-bond donors (Lipinski definition) is 1. The quantitative estimate of drug-likeness (QED) is 0.678. The smallest absolute Gasteiger partial charge is 0.282 e. The zero-order chi connectivity index (χ0) is 14.3. The Morgan fingerprint density at radius 2 is 1.58 bits per heavy atom. The molecule has 1 heterocycles. The number of pyridine rings is 1. The predicted molar refractivity (Wildman–Crippen MR) is 73.3 cm³/mol. The summed E-state index contributed by atoms with van der Waals surface area (Å²) in [6.07, 6.45) is 4.11. The average molecular weight is 280 g/mol. The number of aromatic nitrogens is 1. The van der Waals surface area contributed by atoms with Crippen molar-refractivity contribution in [3.8, 4) is 0 Å². The molecule has 0 fully saturated rings. The van der Waals surface area contributed by atoms with E-state index in [1.54, 1.807) is 12.1 Å². The predicted octanol–water partition coefficient (Wildman–Crippen LogP) is 2.24. The maximum Gasteiger partial charge on any atom is 0.294 e. The van der Waals surface area contributed by atoms with Gasteiger partial charge in [0.2, 0.25) is 0 Å². The summed E-state index contributed by atoms with van der Waals surface area (Å²) in [5.74, 6) is 0. The molecule has 1 aromatic carbocycles. The van der Waals surface area contributed by atoms with Gasteiger partial charge in [-0.3, -0.25) is 4.55 Å². The largest absolute Gasteiger partial charge is 0.294 e. The Morgan fingerprint density at radius 1 is 1.05 bits per heavy atom. The maximum absolute atomic E-state index is 10.5. The highest BCUT2D eigenvalue weighted by Crippen LogP contribution is 2.08. The van der Waals surface area contributed by atoms with Crippen molar-refractivity contribution in [2.45, 2.75) is 25.3 Å². The highest BCUT2D eigenvalue weighted by Gasteiger charge is 2.06. The lowest BCUT2D eigenvalue weighted by Gasteiger charge is -1.95. The Bertz CT molecular complexity index is 592. The maximum atomic E-state index is 10.5. The van der Waals surface area contributed by atoms with E-state index >= 15 is 0 Å². The normalized spacial score (nSPS) is 10.5. The van der Waals surface area contributed by atoms with E-state index in [0.29, 0.717) is 0 Å². The summed E-state index contributed by atoms with van der Waals surface area (Å²) in [5.41, 5.74) is 0.956. The van der Waals surface area contributed by atoms with Crippen LogP contribution >= 0.6 is 0 Å². The topological polar surface area (TPSA) is 58.2 Å². The minimum atomic E-state index is -4.02. The fourth-order valence-electron chi connectivity index (χ4n) is 1.36. The van der Waals surface area contributed by atoms with Crippen molar-refractivity contribution in [2.24, 2.45) is 0 Å². The van der Waals surface area contributed by atoms with E-state index in [9.17, 15) is 8.42 Å². The first-order valence-electron chi connectivity index (χ1n) is 5.91. The van der Waals surface area contributed by atoms with Crippen molar-refractivity contribution >= 4 is 10.1 Å². The van der Waals surface area contributed by atoms with E-state index in [0.717, 1.165) is 12.1 Å². The van der Waals surface area contributed by atoms with Crippen molar-refractivity contribution in [3.05, 3.63) is 60.4 Å². The summed E-state index contributed by atoms with van der Waals surface area (Å²) >= 11 is 0. The van der Waals surface area contributed by atoms with Crippen LogP contribution in [0, 0.1) is 6.92 Å². The van der Waals surface area contributed by atoms with Gasteiger partial charge in [0.1, 0.15) is 6.54 Å². The zero-order valence-electron chi connectivity index (χ0n) is 11.0. The van der Waals surface area contributed by atoms with E-state index in [-0.39, 0.29) is 4.90 Å². The lowest BCUT2D eigenvalue weighted by atomic mass is 10.2. The van der Waals surface area contributed by atoms with Crippen molar-refractivity contribution in [1.29, 1.82) is 0 Å². The molecule has 19 heavy (non-hydrogen) atoms. The molecule has 0 saturated carbocycles. The first-order valence-corrected chi connectivity index (χ1v) is 7.35. The van der Waals surface area contributed by atoms with Crippen LogP contribution in [0.5, 0.6) is 0 Å². The van der Waals surface area contributed by atoms with Crippen molar-refractivity contribution in [3.63, 3.8) is 0 Å². The van der Waals surface area contributed by atoms with Gasteiger partial charge in [-0.1, -0.05) is 23.8 Å². The summed E-state index contributed by atoms with van der Waals surface area (Å²) in [5, 5.41) is 0. The summed E-state index contributed by atoms with van der Waals surface area (Å²) in [4.78, 5) is -0.0666. The van der Waals surface area contributed by atoms with Crippen LogP contribution in [0.25, 0.3) is 0 Å². The van der Waals surface area contributed by atoms with Gasteiger partial charge in [-0.25, -0.2) is 4.57 Å². The third kappa shape index (κ3) is 5.63. The van der Waals surface area contributed by atoms with Crippen molar-refractivity contribution in [2.75, 3.05) is 0 Å². The van der Waals surface area contributed by atoms with Crippen molar-refractivity contribution in [1.82, 2.24) is 0 Å². The minimum absolute atomic E-state index is 0.0666. The third-order valence-electron chi connectivity index (χ3n) is 2.46. The molecule has 1 N–H and O–H groups in total. The fourth-order valence-corrected chi connectivity index (χ4v) is 1.84. The van der Waals surface area contributed by atoms with Crippen LogP contribution in [0.1, 0.15) is 12.5 Å². The Hall–Kier alpha value is -1.72. The van der Waals surface area contributed by atoms with Gasteiger partial charge in [-0.2, -0.15) is 8.42 Å². The summed E-state index contributed by atoms with van der Waals surface area (Å²) in [6, 6.07) is 12.1. The van der Waals surface area contributed by atoms with Crippen LogP contribution in [-0.2, 0) is 16.7 Å². The Morgan fingerprint density at radius 3 is 1.95 bits per heavy atom. The van der Waals surface area contributed by atoms with Crippen LogP contribution in [-0.4, -0.2) is 13.0 Å². The standard InChI is InChI=1S/C7H10N.C7H8O3S/c1-2-8-6-4-3-5-7-8;1-6-2-4-7(5-3-6)11(8,9)10/h3-7H,2H2,1H3;2-5H,1H3,(H,8,9,10)/q+1;. The third-order valence-corrected chi connectivity index (χ3v) is 3.33.